The molecule has 0 aliphatic heterocycles. The number of imidazole rings is 1. The van der Waals surface area contributed by atoms with Gasteiger partial charge in [-0.15, -0.1) is 10.2 Å². The Hall–Kier alpha value is -3.52. The average Bonchev–Trinajstić information content (AvgIpc) is 3.29. The van der Waals surface area contributed by atoms with Gasteiger partial charge in [0, 0.05) is 29.3 Å². The maximum Gasteiger partial charge on any atom is 0.234 e. The van der Waals surface area contributed by atoms with Gasteiger partial charge >= 0.3 is 0 Å². The zero-order valence-corrected chi connectivity index (χ0v) is 16.0. The number of aromatic nitrogens is 4. The van der Waals surface area contributed by atoms with Gasteiger partial charge in [-0.2, -0.15) is 0 Å². The molecule has 0 saturated heterocycles. The first-order valence-corrected chi connectivity index (χ1v) is 9.77. The number of rotatable bonds is 6. The molecule has 29 heavy (non-hydrogen) atoms. The molecule has 1 amide bonds. The van der Waals surface area contributed by atoms with E-state index in [1.807, 2.05) is 47.2 Å². The van der Waals surface area contributed by atoms with E-state index in [1.54, 1.807) is 12.5 Å². The van der Waals surface area contributed by atoms with E-state index in [2.05, 4.69) is 20.5 Å². The summed E-state index contributed by atoms with van der Waals surface area (Å²) in [6.45, 7) is 0. The fourth-order valence-electron chi connectivity index (χ4n) is 2.64. The molecule has 2 aromatic heterocycles. The van der Waals surface area contributed by atoms with Gasteiger partial charge in [0.05, 0.1) is 17.8 Å². The molecule has 0 aliphatic carbocycles. The van der Waals surface area contributed by atoms with Crippen LogP contribution in [0.15, 0.2) is 84.4 Å². The molecular formula is C21H16FN5OS. The van der Waals surface area contributed by atoms with Crippen molar-refractivity contribution in [2.75, 3.05) is 11.1 Å². The Labute approximate surface area is 170 Å². The van der Waals surface area contributed by atoms with Crippen LogP contribution in [0.4, 0.5) is 10.1 Å². The van der Waals surface area contributed by atoms with Gasteiger partial charge in [0.1, 0.15) is 10.8 Å². The molecule has 6 nitrogen and oxygen atoms in total. The number of carbonyl (C=O) groups excluding carboxylic acids is 1. The van der Waals surface area contributed by atoms with Crippen LogP contribution >= 0.6 is 11.8 Å². The van der Waals surface area contributed by atoms with Crippen molar-refractivity contribution in [3.05, 3.63) is 85.2 Å². The van der Waals surface area contributed by atoms with E-state index in [1.165, 1.54) is 36.0 Å². The monoisotopic (exact) mass is 405 g/mol. The highest BCUT2D eigenvalue weighted by atomic mass is 32.2. The van der Waals surface area contributed by atoms with Gasteiger partial charge in [-0.25, -0.2) is 9.37 Å². The number of anilines is 1. The highest BCUT2D eigenvalue weighted by Gasteiger charge is 2.07. The van der Waals surface area contributed by atoms with Crippen molar-refractivity contribution in [2.45, 2.75) is 5.03 Å². The van der Waals surface area contributed by atoms with E-state index in [-0.39, 0.29) is 17.5 Å². The summed E-state index contributed by atoms with van der Waals surface area (Å²) in [6, 6.07) is 17.3. The fraction of sp³-hybridized carbons (Fsp3) is 0.0476. The van der Waals surface area contributed by atoms with Gasteiger partial charge < -0.3 is 9.88 Å². The molecule has 8 heteroatoms. The Balaban J connectivity index is 1.34. The smallest absolute Gasteiger partial charge is 0.234 e. The quantitative estimate of drug-likeness (QED) is 0.487. The zero-order chi connectivity index (χ0) is 20.1. The molecule has 4 aromatic rings. The van der Waals surface area contributed by atoms with Crippen molar-refractivity contribution >= 4 is 23.4 Å². The van der Waals surface area contributed by atoms with Gasteiger partial charge in [-0.1, -0.05) is 23.9 Å². The summed E-state index contributed by atoms with van der Waals surface area (Å²) in [5.74, 6) is -0.350. The fourth-order valence-corrected chi connectivity index (χ4v) is 3.25. The standard InChI is InChI=1S/C21H16FN5OS/c22-16-3-5-17(6-4-16)24-20(28)13-29-21-10-9-19(25-26-21)15-1-7-18(8-2-15)27-12-11-23-14-27/h1-12,14H,13H2,(H,24,28). The molecule has 0 spiro atoms. The number of carbonyl (C=O) groups is 1. The van der Waals surface area contributed by atoms with Gasteiger partial charge in [0.15, 0.2) is 0 Å². The first kappa shape index (κ1) is 18.8. The molecule has 0 atom stereocenters. The van der Waals surface area contributed by atoms with Crippen LogP contribution in [0.1, 0.15) is 0 Å². The van der Waals surface area contributed by atoms with Crippen molar-refractivity contribution in [1.29, 1.82) is 0 Å². The second-order valence-electron chi connectivity index (χ2n) is 6.12. The number of hydrogen-bond acceptors (Lipinski definition) is 5. The van der Waals surface area contributed by atoms with Crippen molar-refractivity contribution in [3.63, 3.8) is 0 Å². The molecule has 0 saturated carbocycles. The highest BCUT2D eigenvalue weighted by molar-refractivity contribution is 7.99. The summed E-state index contributed by atoms with van der Waals surface area (Å²) in [5, 5.41) is 11.8. The number of halogens is 1. The molecule has 2 aromatic carbocycles. The van der Waals surface area contributed by atoms with Crippen LogP contribution in [0.2, 0.25) is 0 Å². The normalized spacial score (nSPS) is 10.7. The van der Waals surface area contributed by atoms with E-state index in [0.717, 1.165) is 16.9 Å². The third kappa shape index (κ3) is 4.85. The largest absolute Gasteiger partial charge is 0.325 e. The highest BCUT2D eigenvalue weighted by Crippen LogP contribution is 2.21. The van der Waals surface area contributed by atoms with Gasteiger partial charge in [0.25, 0.3) is 0 Å². The van der Waals surface area contributed by atoms with Crippen LogP contribution in [0.3, 0.4) is 0 Å². The average molecular weight is 405 g/mol. The Morgan fingerprint density at radius 1 is 1.00 bits per heavy atom. The van der Waals surface area contributed by atoms with E-state index in [4.69, 9.17) is 0 Å². The third-order valence-corrected chi connectivity index (χ3v) is 5.00. The van der Waals surface area contributed by atoms with Crippen LogP contribution in [0.5, 0.6) is 0 Å². The van der Waals surface area contributed by atoms with Crippen LogP contribution in [-0.4, -0.2) is 31.4 Å². The molecule has 0 fully saturated rings. The maximum absolute atomic E-state index is 12.9. The molecule has 144 valence electrons. The predicted molar refractivity (Wildman–Crippen MR) is 110 cm³/mol. The Morgan fingerprint density at radius 3 is 2.45 bits per heavy atom. The van der Waals surface area contributed by atoms with E-state index >= 15 is 0 Å². The molecule has 0 aliphatic rings. The minimum atomic E-state index is -0.343. The van der Waals surface area contributed by atoms with Crippen LogP contribution in [-0.2, 0) is 4.79 Å². The molecule has 0 radical (unpaired) electrons. The molecule has 2 heterocycles. The SMILES string of the molecule is O=C(CSc1ccc(-c2ccc(-n3ccnc3)cc2)nn1)Nc1ccc(F)cc1. The lowest BCUT2D eigenvalue weighted by Crippen LogP contribution is -2.14. The van der Waals surface area contributed by atoms with E-state index < -0.39 is 0 Å². The molecular weight excluding hydrogens is 389 g/mol. The summed E-state index contributed by atoms with van der Waals surface area (Å²) >= 11 is 1.29. The summed E-state index contributed by atoms with van der Waals surface area (Å²) in [6.07, 6.45) is 5.36. The van der Waals surface area contributed by atoms with Crippen molar-refractivity contribution < 1.29 is 9.18 Å². The van der Waals surface area contributed by atoms with Gasteiger partial charge in [-0.05, 0) is 48.5 Å². The third-order valence-electron chi connectivity index (χ3n) is 4.08. The minimum Gasteiger partial charge on any atom is -0.325 e. The second kappa shape index (κ2) is 8.66. The number of nitrogens with zero attached hydrogens (tertiary/aromatic N) is 4. The topological polar surface area (TPSA) is 72.7 Å². The Kier molecular flexibility index (Phi) is 5.62. The van der Waals surface area contributed by atoms with Crippen LogP contribution in [0, 0.1) is 5.82 Å². The van der Waals surface area contributed by atoms with Crippen molar-refractivity contribution in [1.82, 2.24) is 19.7 Å². The molecule has 0 bridgehead atoms. The lowest BCUT2D eigenvalue weighted by Gasteiger charge is -2.06. The lowest BCUT2D eigenvalue weighted by molar-refractivity contribution is -0.113. The number of benzene rings is 2. The van der Waals surface area contributed by atoms with Gasteiger partial charge in [0.2, 0.25) is 5.91 Å². The Bertz CT molecular complexity index is 1080. The van der Waals surface area contributed by atoms with Crippen molar-refractivity contribution in [2.24, 2.45) is 0 Å². The first-order chi connectivity index (χ1) is 14.2. The Morgan fingerprint density at radius 2 is 1.79 bits per heavy atom. The number of amides is 1. The second-order valence-corrected chi connectivity index (χ2v) is 7.11. The summed E-state index contributed by atoms with van der Waals surface area (Å²) in [4.78, 5) is 16.0. The van der Waals surface area contributed by atoms with Crippen LogP contribution < -0.4 is 5.32 Å². The summed E-state index contributed by atoms with van der Waals surface area (Å²) in [5.41, 5.74) is 3.27. The molecule has 0 unspecified atom stereocenters. The zero-order valence-electron chi connectivity index (χ0n) is 15.2. The van der Waals surface area contributed by atoms with Gasteiger partial charge in [-0.3, -0.25) is 4.79 Å². The summed E-state index contributed by atoms with van der Waals surface area (Å²) in [7, 11) is 0. The summed E-state index contributed by atoms with van der Waals surface area (Å²) < 4.78 is 14.8. The van der Waals surface area contributed by atoms with Crippen molar-refractivity contribution in [3.8, 4) is 16.9 Å². The number of thioether (sulfide) groups is 1. The lowest BCUT2D eigenvalue weighted by atomic mass is 10.1. The van der Waals surface area contributed by atoms with E-state index in [9.17, 15) is 9.18 Å². The predicted octanol–water partition coefficient (Wildman–Crippen LogP) is 4.20. The maximum atomic E-state index is 12.9. The van der Waals surface area contributed by atoms with E-state index in [0.29, 0.717) is 10.7 Å². The molecule has 4 rings (SSSR count). The number of hydrogen-bond donors (Lipinski definition) is 1. The number of nitrogens with one attached hydrogen (secondary N) is 1. The minimum absolute atomic E-state index is 0.186. The first-order valence-electron chi connectivity index (χ1n) is 8.78. The molecule has 1 N–H and O–H groups in total. The van der Waals surface area contributed by atoms with Crippen LogP contribution in [0.25, 0.3) is 16.9 Å².